The number of ether oxygens (including phenoxy) is 1. The summed E-state index contributed by atoms with van der Waals surface area (Å²) < 4.78 is 4.40. The van der Waals surface area contributed by atoms with E-state index in [4.69, 9.17) is 9.90 Å². The maximum absolute atomic E-state index is 9.82. The summed E-state index contributed by atoms with van der Waals surface area (Å²) in [6, 6.07) is 0. The molecule has 0 aromatic rings. The van der Waals surface area contributed by atoms with Crippen LogP contribution in [-0.4, -0.2) is 29.6 Å². The predicted octanol–water partition coefficient (Wildman–Crippen LogP) is -0.555. The third kappa shape index (κ3) is 66.5. The first-order valence-electron chi connectivity index (χ1n) is 2.40. The van der Waals surface area contributed by atoms with Crippen molar-refractivity contribution in [1.29, 1.82) is 0 Å². The first-order chi connectivity index (χ1) is 4.18. The molecule has 0 atom stereocenters. The molecule has 0 aliphatic rings. The van der Waals surface area contributed by atoms with E-state index < -0.39 is 0 Å². The SMILES string of the molecule is CCOC(C)=O.O.O=CO. The van der Waals surface area contributed by atoms with Crippen molar-refractivity contribution in [3.05, 3.63) is 0 Å². The molecule has 5 heteroatoms. The van der Waals surface area contributed by atoms with Crippen LogP contribution in [0.4, 0.5) is 0 Å². The number of carbonyl (C=O) groups is 2. The Morgan fingerprint density at radius 1 is 1.70 bits per heavy atom. The molecule has 0 spiro atoms. The molecule has 62 valence electrons. The summed E-state index contributed by atoms with van der Waals surface area (Å²) in [4.78, 5) is 18.2. The molecule has 5 nitrogen and oxygen atoms in total. The minimum absolute atomic E-state index is 0. The summed E-state index contributed by atoms with van der Waals surface area (Å²) in [6.07, 6.45) is 0. The Morgan fingerprint density at radius 2 is 2.00 bits per heavy atom. The zero-order valence-corrected chi connectivity index (χ0v) is 5.96. The van der Waals surface area contributed by atoms with Crippen molar-refractivity contribution >= 4 is 12.4 Å². The van der Waals surface area contributed by atoms with E-state index in [0.29, 0.717) is 6.61 Å². The van der Waals surface area contributed by atoms with E-state index >= 15 is 0 Å². The average molecular weight is 152 g/mol. The van der Waals surface area contributed by atoms with Crippen LogP contribution in [0.1, 0.15) is 13.8 Å². The molecule has 0 radical (unpaired) electrons. The van der Waals surface area contributed by atoms with Crippen LogP contribution in [0.5, 0.6) is 0 Å². The number of esters is 1. The van der Waals surface area contributed by atoms with Crippen LogP contribution in [-0.2, 0) is 14.3 Å². The maximum Gasteiger partial charge on any atom is 0.302 e. The quantitative estimate of drug-likeness (QED) is 0.402. The van der Waals surface area contributed by atoms with Gasteiger partial charge >= 0.3 is 5.97 Å². The fourth-order valence-electron chi connectivity index (χ4n) is 0.203. The molecule has 0 rings (SSSR count). The summed E-state index contributed by atoms with van der Waals surface area (Å²) in [5.41, 5.74) is 0. The van der Waals surface area contributed by atoms with E-state index in [0.717, 1.165) is 0 Å². The van der Waals surface area contributed by atoms with Gasteiger partial charge < -0.3 is 15.3 Å². The molecule has 0 saturated carbocycles. The standard InChI is InChI=1S/C4H8O2.CH2O2.H2O/c1-3-6-4(2)5;2-1-3;/h3H2,1-2H3;1H,(H,2,3);1H2. The Labute approximate surface area is 58.9 Å². The molecular formula is C5H12O5. The molecule has 0 aliphatic heterocycles. The van der Waals surface area contributed by atoms with Gasteiger partial charge in [-0.15, -0.1) is 0 Å². The molecule has 0 unspecified atom stereocenters. The zero-order valence-electron chi connectivity index (χ0n) is 5.96. The molecule has 0 aromatic carbocycles. The highest BCUT2D eigenvalue weighted by molar-refractivity contribution is 5.65. The van der Waals surface area contributed by atoms with Gasteiger partial charge in [0.15, 0.2) is 0 Å². The van der Waals surface area contributed by atoms with Crippen molar-refractivity contribution in [2.45, 2.75) is 13.8 Å². The number of carbonyl (C=O) groups excluding carboxylic acids is 1. The molecular weight excluding hydrogens is 140 g/mol. The van der Waals surface area contributed by atoms with E-state index in [-0.39, 0.29) is 17.9 Å². The fourth-order valence-corrected chi connectivity index (χ4v) is 0.203. The van der Waals surface area contributed by atoms with Crippen LogP contribution >= 0.6 is 0 Å². The minimum Gasteiger partial charge on any atom is -0.483 e. The van der Waals surface area contributed by atoms with Crippen molar-refractivity contribution in [2.75, 3.05) is 6.61 Å². The summed E-state index contributed by atoms with van der Waals surface area (Å²) in [5.74, 6) is -0.211. The van der Waals surface area contributed by atoms with Gasteiger partial charge in [0.2, 0.25) is 0 Å². The van der Waals surface area contributed by atoms with Crippen LogP contribution in [0.15, 0.2) is 0 Å². The lowest BCUT2D eigenvalue weighted by molar-refractivity contribution is -0.140. The first-order valence-corrected chi connectivity index (χ1v) is 2.40. The lowest BCUT2D eigenvalue weighted by Crippen LogP contribution is -1.95. The van der Waals surface area contributed by atoms with Gasteiger partial charge in [0.1, 0.15) is 0 Å². The lowest BCUT2D eigenvalue weighted by atomic mass is 10.8. The third-order valence-corrected chi connectivity index (χ3v) is 0.348. The van der Waals surface area contributed by atoms with Gasteiger partial charge in [0, 0.05) is 6.92 Å². The molecule has 0 saturated heterocycles. The molecule has 0 fully saturated rings. The topological polar surface area (TPSA) is 95.1 Å². The lowest BCUT2D eigenvalue weighted by Gasteiger charge is -1.89. The Bertz CT molecular complexity index is 80.1. The number of rotatable bonds is 1. The van der Waals surface area contributed by atoms with Gasteiger partial charge in [-0.25, -0.2) is 0 Å². The van der Waals surface area contributed by atoms with E-state index in [2.05, 4.69) is 4.74 Å². The summed E-state index contributed by atoms with van der Waals surface area (Å²) in [7, 11) is 0. The number of hydrogen-bond acceptors (Lipinski definition) is 3. The molecule has 0 aliphatic carbocycles. The van der Waals surface area contributed by atoms with E-state index in [1.807, 2.05) is 0 Å². The van der Waals surface area contributed by atoms with Crippen molar-refractivity contribution in [3.63, 3.8) is 0 Å². The molecule has 10 heavy (non-hydrogen) atoms. The second kappa shape index (κ2) is 15.7. The summed E-state index contributed by atoms with van der Waals surface area (Å²) in [5, 5.41) is 6.89. The van der Waals surface area contributed by atoms with Crippen molar-refractivity contribution < 1.29 is 24.9 Å². The monoisotopic (exact) mass is 152 g/mol. The van der Waals surface area contributed by atoms with Gasteiger partial charge in [-0.3, -0.25) is 9.59 Å². The summed E-state index contributed by atoms with van der Waals surface area (Å²) in [6.45, 7) is 3.40. The second-order valence-corrected chi connectivity index (χ2v) is 1.03. The van der Waals surface area contributed by atoms with Gasteiger partial charge in [0.05, 0.1) is 6.61 Å². The predicted molar refractivity (Wildman–Crippen MR) is 34.6 cm³/mol. The molecule has 0 heterocycles. The molecule has 0 bridgehead atoms. The number of carboxylic acid groups (broad SMARTS) is 1. The van der Waals surface area contributed by atoms with Crippen LogP contribution in [0.2, 0.25) is 0 Å². The van der Waals surface area contributed by atoms with Crippen LogP contribution in [0.3, 0.4) is 0 Å². The molecule has 0 amide bonds. The average Bonchev–Trinajstić information content (AvgIpc) is 1.67. The fraction of sp³-hybridized carbons (Fsp3) is 0.600. The molecule has 3 N–H and O–H groups in total. The Hall–Kier alpha value is -1.10. The highest BCUT2D eigenvalue weighted by Gasteiger charge is 1.81. The van der Waals surface area contributed by atoms with Gasteiger partial charge in [-0.05, 0) is 6.92 Å². The second-order valence-electron chi connectivity index (χ2n) is 1.03. The zero-order chi connectivity index (χ0) is 7.70. The van der Waals surface area contributed by atoms with Gasteiger partial charge in [-0.2, -0.15) is 0 Å². The highest BCUT2D eigenvalue weighted by atomic mass is 16.5. The van der Waals surface area contributed by atoms with E-state index in [9.17, 15) is 4.79 Å². The minimum atomic E-state index is -0.250. The van der Waals surface area contributed by atoms with Crippen LogP contribution < -0.4 is 0 Å². The summed E-state index contributed by atoms with van der Waals surface area (Å²) >= 11 is 0. The smallest absolute Gasteiger partial charge is 0.302 e. The molecule has 0 aromatic heterocycles. The Kier molecular flexibility index (Phi) is 25.0. The van der Waals surface area contributed by atoms with Crippen molar-refractivity contribution in [3.8, 4) is 0 Å². The largest absolute Gasteiger partial charge is 0.483 e. The van der Waals surface area contributed by atoms with E-state index in [1.54, 1.807) is 6.92 Å². The van der Waals surface area contributed by atoms with Crippen molar-refractivity contribution in [2.24, 2.45) is 0 Å². The van der Waals surface area contributed by atoms with Gasteiger partial charge in [-0.1, -0.05) is 0 Å². The van der Waals surface area contributed by atoms with Gasteiger partial charge in [0.25, 0.3) is 6.47 Å². The number of hydrogen-bond donors (Lipinski definition) is 1. The Morgan fingerprint density at radius 3 is 2.00 bits per heavy atom. The van der Waals surface area contributed by atoms with Crippen molar-refractivity contribution in [1.82, 2.24) is 0 Å². The first kappa shape index (κ1) is 16.0. The maximum atomic E-state index is 9.82. The Balaban J connectivity index is -0.000000107. The highest BCUT2D eigenvalue weighted by Crippen LogP contribution is 1.69. The third-order valence-electron chi connectivity index (χ3n) is 0.348. The van der Waals surface area contributed by atoms with E-state index in [1.165, 1.54) is 6.92 Å². The normalized spacial score (nSPS) is 5.80. The van der Waals surface area contributed by atoms with Crippen LogP contribution in [0, 0.1) is 0 Å². The van der Waals surface area contributed by atoms with Crippen LogP contribution in [0.25, 0.3) is 0 Å².